The molecular weight excluding hydrogens is 283 g/mol. The molecule has 3 rings (SSSR count). The molecule has 2 aliphatic rings. The Morgan fingerprint density at radius 3 is 2.58 bits per heavy atom. The Morgan fingerprint density at radius 2 is 1.84 bits per heavy atom. The second kappa shape index (κ2) is 4.68. The summed E-state index contributed by atoms with van der Waals surface area (Å²) in [5, 5.41) is 1.15. The van der Waals surface area contributed by atoms with Crippen LogP contribution in [0.5, 0.6) is 0 Å². The van der Waals surface area contributed by atoms with Crippen molar-refractivity contribution >= 4 is 41.0 Å². The van der Waals surface area contributed by atoms with E-state index in [0.29, 0.717) is 21.6 Å². The summed E-state index contributed by atoms with van der Waals surface area (Å²) in [6.07, 6.45) is 6.70. The van der Waals surface area contributed by atoms with Crippen LogP contribution >= 0.6 is 23.2 Å². The number of amidine groups is 1. The highest BCUT2D eigenvalue weighted by molar-refractivity contribution is 6.33. The van der Waals surface area contributed by atoms with Crippen molar-refractivity contribution in [2.45, 2.75) is 0 Å². The van der Waals surface area contributed by atoms with E-state index in [1.165, 1.54) is 4.90 Å². The minimum absolute atomic E-state index is 0.188. The van der Waals surface area contributed by atoms with Crippen LogP contribution in [0.15, 0.2) is 58.3 Å². The molecule has 0 fully saturated rings. The van der Waals surface area contributed by atoms with Gasteiger partial charge in [0.1, 0.15) is 11.5 Å². The molecule has 0 unspecified atom stereocenters. The molecule has 5 heteroatoms. The predicted molar refractivity (Wildman–Crippen MR) is 76.8 cm³/mol. The van der Waals surface area contributed by atoms with Crippen LogP contribution < -0.4 is 0 Å². The van der Waals surface area contributed by atoms with E-state index in [2.05, 4.69) is 4.99 Å². The summed E-state index contributed by atoms with van der Waals surface area (Å²) < 4.78 is 0. The Labute approximate surface area is 120 Å². The van der Waals surface area contributed by atoms with Gasteiger partial charge < -0.3 is 0 Å². The van der Waals surface area contributed by atoms with Crippen LogP contribution in [0.1, 0.15) is 5.56 Å². The highest BCUT2D eigenvalue weighted by Gasteiger charge is 2.28. The van der Waals surface area contributed by atoms with Crippen LogP contribution in [0.25, 0.3) is 6.08 Å². The first-order valence-corrected chi connectivity index (χ1v) is 6.34. The lowest BCUT2D eigenvalue weighted by molar-refractivity contribution is -0.120. The molecule has 0 bridgehead atoms. The van der Waals surface area contributed by atoms with Gasteiger partial charge >= 0.3 is 0 Å². The van der Waals surface area contributed by atoms with Crippen LogP contribution in [-0.4, -0.2) is 16.6 Å². The Morgan fingerprint density at radius 1 is 1.11 bits per heavy atom. The van der Waals surface area contributed by atoms with Gasteiger partial charge in [-0.25, -0.2) is 4.99 Å². The zero-order chi connectivity index (χ0) is 13.4. The number of halogens is 2. The van der Waals surface area contributed by atoms with Gasteiger partial charge in [-0.1, -0.05) is 35.3 Å². The molecule has 0 aromatic heterocycles. The molecule has 0 spiro atoms. The average molecular weight is 291 g/mol. The van der Waals surface area contributed by atoms with E-state index < -0.39 is 0 Å². The van der Waals surface area contributed by atoms with E-state index in [1.807, 2.05) is 12.1 Å². The number of benzene rings is 1. The molecule has 2 aliphatic heterocycles. The summed E-state index contributed by atoms with van der Waals surface area (Å²) in [6.45, 7) is 0. The third-order valence-corrected chi connectivity index (χ3v) is 3.21. The Kier molecular flexibility index (Phi) is 3.01. The fourth-order valence-corrected chi connectivity index (χ4v) is 2.11. The summed E-state index contributed by atoms with van der Waals surface area (Å²) in [6, 6.07) is 7.20. The zero-order valence-electron chi connectivity index (χ0n) is 9.68. The van der Waals surface area contributed by atoms with Gasteiger partial charge in [-0.15, -0.1) is 0 Å². The third-order valence-electron chi connectivity index (χ3n) is 2.74. The summed E-state index contributed by atoms with van der Waals surface area (Å²) in [5.74, 6) is 0.391. The molecule has 0 N–H and O–H groups in total. The van der Waals surface area contributed by atoms with Crippen molar-refractivity contribution in [2.75, 3.05) is 0 Å². The highest BCUT2D eigenvalue weighted by Crippen LogP contribution is 2.24. The first-order valence-electron chi connectivity index (χ1n) is 5.58. The Balaban J connectivity index is 1.96. The number of hydrogen-bond donors (Lipinski definition) is 0. The number of nitrogens with zero attached hydrogens (tertiary/aromatic N) is 2. The molecule has 0 radical (unpaired) electrons. The van der Waals surface area contributed by atoms with Crippen molar-refractivity contribution in [3.8, 4) is 0 Å². The summed E-state index contributed by atoms with van der Waals surface area (Å²) >= 11 is 11.7. The quantitative estimate of drug-likeness (QED) is 0.728. The molecule has 1 aromatic carbocycles. The van der Waals surface area contributed by atoms with E-state index in [1.54, 1.807) is 36.6 Å². The average Bonchev–Trinajstić information content (AvgIpc) is 2.70. The number of carbonyl (C=O) groups is 1. The van der Waals surface area contributed by atoms with Gasteiger partial charge in [-0.05, 0) is 35.9 Å². The molecule has 0 aliphatic carbocycles. The molecule has 2 heterocycles. The summed E-state index contributed by atoms with van der Waals surface area (Å²) in [7, 11) is 0. The third kappa shape index (κ3) is 2.35. The van der Waals surface area contributed by atoms with Crippen LogP contribution in [0.3, 0.4) is 0 Å². The predicted octanol–water partition coefficient (Wildman–Crippen LogP) is 3.57. The largest absolute Gasteiger partial charge is 0.282 e. The van der Waals surface area contributed by atoms with Crippen molar-refractivity contribution in [3.05, 3.63) is 63.9 Å². The van der Waals surface area contributed by atoms with Crippen LogP contribution in [0.2, 0.25) is 5.02 Å². The van der Waals surface area contributed by atoms with Crippen molar-refractivity contribution in [3.63, 3.8) is 0 Å². The fraction of sp³-hybridized carbons (Fsp3) is 0. The van der Waals surface area contributed by atoms with Crippen LogP contribution in [-0.2, 0) is 4.79 Å². The standard InChI is InChI=1S/C14H8Cl2N2O/c15-10-3-1-9(2-4-10)7-12-14(19)18-8-11(16)5-6-13(18)17-12/h1-8H/b12-7-. The lowest BCUT2D eigenvalue weighted by Gasteiger charge is -2.13. The maximum absolute atomic E-state index is 12.1. The smallest absolute Gasteiger partial charge is 0.266 e. The first kappa shape index (κ1) is 12.2. The topological polar surface area (TPSA) is 32.7 Å². The minimum atomic E-state index is -0.188. The monoisotopic (exact) mass is 290 g/mol. The Hall–Kier alpha value is -1.84. The lowest BCUT2D eigenvalue weighted by atomic mass is 10.2. The molecule has 1 amide bonds. The number of carbonyl (C=O) groups excluding carboxylic acids is 1. The maximum atomic E-state index is 12.1. The van der Waals surface area contributed by atoms with Gasteiger partial charge in [0, 0.05) is 11.2 Å². The molecular formula is C14H8Cl2N2O. The molecule has 1 aromatic rings. The second-order valence-electron chi connectivity index (χ2n) is 4.07. The van der Waals surface area contributed by atoms with Crippen molar-refractivity contribution in [1.82, 2.24) is 4.90 Å². The van der Waals surface area contributed by atoms with Crippen molar-refractivity contribution in [2.24, 2.45) is 4.99 Å². The zero-order valence-corrected chi connectivity index (χ0v) is 11.2. The molecule has 3 nitrogen and oxygen atoms in total. The van der Waals surface area contributed by atoms with Gasteiger partial charge in [-0.3, -0.25) is 9.69 Å². The molecule has 94 valence electrons. The number of allylic oxidation sites excluding steroid dienone is 2. The molecule has 19 heavy (non-hydrogen) atoms. The number of hydrogen-bond acceptors (Lipinski definition) is 2. The van der Waals surface area contributed by atoms with Gasteiger partial charge in [0.2, 0.25) is 0 Å². The van der Waals surface area contributed by atoms with Crippen molar-refractivity contribution < 1.29 is 4.79 Å². The fourth-order valence-electron chi connectivity index (χ4n) is 1.83. The van der Waals surface area contributed by atoms with E-state index in [0.717, 1.165) is 5.56 Å². The number of amides is 1. The Bertz CT molecular complexity index is 669. The SMILES string of the molecule is O=C1/C(=C/c2ccc(Cl)cc2)N=C2C=CC(Cl)=CN12. The highest BCUT2D eigenvalue weighted by atomic mass is 35.5. The maximum Gasteiger partial charge on any atom is 0.282 e. The van der Waals surface area contributed by atoms with Gasteiger partial charge in [0.05, 0.1) is 5.03 Å². The van der Waals surface area contributed by atoms with E-state index in [4.69, 9.17) is 23.2 Å². The summed E-state index contributed by atoms with van der Waals surface area (Å²) in [5.41, 5.74) is 1.25. The number of rotatable bonds is 1. The van der Waals surface area contributed by atoms with Gasteiger partial charge in [0.25, 0.3) is 5.91 Å². The second-order valence-corrected chi connectivity index (χ2v) is 4.95. The van der Waals surface area contributed by atoms with Crippen LogP contribution in [0, 0.1) is 0 Å². The van der Waals surface area contributed by atoms with E-state index in [-0.39, 0.29) is 5.91 Å². The van der Waals surface area contributed by atoms with E-state index >= 15 is 0 Å². The van der Waals surface area contributed by atoms with Crippen molar-refractivity contribution in [1.29, 1.82) is 0 Å². The van der Waals surface area contributed by atoms with Gasteiger partial charge in [-0.2, -0.15) is 0 Å². The molecule has 0 saturated heterocycles. The number of fused-ring (bicyclic) bond motifs is 1. The molecule has 0 atom stereocenters. The lowest BCUT2D eigenvalue weighted by Crippen LogP contribution is -2.27. The minimum Gasteiger partial charge on any atom is -0.266 e. The van der Waals surface area contributed by atoms with Gasteiger partial charge in [0.15, 0.2) is 0 Å². The molecule has 0 saturated carbocycles. The van der Waals surface area contributed by atoms with Crippen LogP contribution in [0.4, 0.5) is 0 Å². The van der Waals surface area contributed by atoms with E-state index in [9.17, 15) is 4.79 Å². The summed E-state index contributed by atoms with van der Waals surface area (Å²) in [4.78, 5) is 17.8. The normalized spacial score (nSPS) is 19.6. The number of aliphatic imine (C=N–C) groups is 1. The first-order chi connectivity index (χ1) is 9.13.